The Morgan fingerprint density at radius 1 is 1.09 bits per heavy atom. The van der Waals surface area contributed by atoms with Crippen LogP contribution in [-0.4, -0.2) is 53.7 Å². The quantitative estimate of drug-likeness (QED) is 0.482. The van der Waals surface area contributed by atoms with E-state index in [1.54, 1.807) is 18.0 Å². The van der Waals surface area contributed by atoms with Crippen LogP contribution in [0.3, 0.4) is 0 Å². The van der Waals surface area contributed by atoms with Crippen LogP contribution in [0.5, 0.6) is 0 Å². The minimum atomic E-state index is -0.359. The predicted octanol–water partition coefficient (Wildman–Crippen LogP) is 2.64. The highest BCUT2D eigenvalue weighted by Crippen LogP contribution is 2.24. The number of fused-ring (bicyclic) bond motifs is 3. The Kier molecular flexibility index (Phi) is 5.36. The zero-order valence-corrected chi connectivity index (χ0v) is 17.9. The van der Waals surface area contributed by atoms with Gasteiger partial charge in [-0.25, -0.2) is 4.98 Å². The van der Waals surface area contributed by atoms with Gasteiger partial charge in [-0.15, -0.1) is 0 Å². The molecule has 2 aromatic heterocycles. The van der Waals surface area contributed by atoms with Crippen molar-refractivity contribution in [3.63, 3.8) is 0 Å². The lowest BCUT2D eigenvalue weighted by atomic mass is 10.1. The van der Waals surface area contributed by atoms with Crippen molar-refractivity contribution in [3.8, 4) is 0 Å². The highest BCUT2D eigenvalue weighted by atomic mass is 16.5. The van der Waals surface area contributed by atoms with Crippen LogP contribution >= 0.6 is 0 Å². The van der Waals surface area contributed by atoms with Crippen LogP contribution in [0.25, 0.3) is 22.1 Å². The van der Waals surface area contributed by atoms with Gasteiger partial charge in [-0.2, -0.15) is 0 Å². The van der Waals surface area contributed by atoms with E-state index in [2.05, 4.69) is 22.0 Å². The van der Waals surface area contributed by atoms with Gasteiger partial charge in [-0.05, 0) is 29.8 Å². The number of anilines is 1. The molecule has 1 amide bonds. The molecule has 1 saturated heterocycles. The highest BCUT2D eigenvalue weighted by molar-refractivity contribution is 6.01. The van der Waals surface area contributed by atoms with Crippen molar-refractivity contribution in [2.45, 2.75) is 13.1 Å². The molecule has 0 bridgehead atoms. The van der Waals surface area contributed by atoms with E-state index in [9.17, 15) is 9.59 Å². The lowest BCUT2D eigenvalue weighted by Crippen LogP contribution is -2.36. The van der Waals surface area contributed by atoms with Crippen LogP contribution in [0.15, 0.2) is 64.1 Å². The Morgan fingerprint density at radius 3 is 2.62 bits per heavy atom. The maximum atomic E-state index is 12.8. The number of hydrogen-bond acceptors (Lipinski definition) is 6. The zero-order valence-electron chi connectivity index (χ0n) is 17.9. The van der Waals surface area contributed by atoms with Crippen molar-refractivity contribution >= 4 is 33.7 Å². The summed E-state index contributed by atoms with van der Waals surface area (Å²) in [7, 11) is 1.73. The summed E-state index contributed by atoms with van der Waals surface area (Å²) in [6, 6.07) is 15.6. The van der Waals surface area contributed by atoms with E-state index in [0.29, 0.717) is 17.6 Å². The maximum Gasteiger partial charge on any atom is 0.297 e. The number of para-hydroxylation sites is 1. The molecule has 8 heteroatoms. The summed E-state index contributed by atoms with van der Waals surface area (Å²) < 4.78 is 12.4. The molecule has 5 rings (SSSR count). The summed E-state index contributed by atoms with van der Waals surface area (Å²) in [6.07, 6.45) is 1.41. The first-order valence-corrected chi connectivity index (χ1v) is 10.6. The monoisotopic (exact) mass is 432 g/mol. The minimum Gasteiger partial charge on any atom is -0.448 e. The van der Waals surface area contributed by atoms with Crippen LogP contribution in [-0.2, 0) is 22.6 Å². The second kappa shape index (κ2) is 8.47. The molecule has 164 valence electrons. The molecule has 0 unspecified atom stereocenters. The van der Waals surface area contributed by atoms with Crippen LogP contribution in [0.4, 0.5) is 5.69 Å². The molecular weight excluding hydrogens is 408 g/mol. The molecule has 0 atom stereocenters. The number of carbonyl (C=O) groups is 1. The number of carbonyl (C=O) groups excluding carboxylic acids is 1. The van der Waals surface area contributed by atoms with Crippen molar-refractivity contribution in [1.82, 2.24) is 14.5 Å². The van der Waals surface area contributed by atoms with Crippen LogP contribution < -0.4 is 10.5 Å². The Morgan fingerprint density at radius 2 is 1.84 bits per heavy atom. The molecule has 0 radical (unpaired) electrons. The van der Waals surface area contributed by atoms with Crippen molar-refractivity contribution in [2.75, 3.05) is 38.3 Å². The largest absolute Gasteiger partial charge is 0.448 e. The molecule has 3 heterocycles. The SMILES string of the molecule is CN(Cc1ccc(N2CCOCC2)cc1)C(=O)Cn1cnc2c(oc3ccccc32)c1=O. The Labute approximate surface area is 184 Å². The number of ether oxygens (including phenoxy) is 1. The molecule has 1 aliphatic rings. The number of benzene rings is 2. The predicted molar refractivity (Wildman–Crippen MR) is 122 cm³/mol. The number of nitrogens with zero attached hydrogens (tertiary/aromatic N) is 4. The molecular formula is C24H24N4O4. The van der Waals surface area contributed by atoms with Crippen LogP contribution in [0.1, 0.15) is 5.56 Å². The summed E-state index contributed by atoms with van der Waals surface area (Å²) >= 11 is 0. The van der Waals surface area contributed by atoms with Crippen molar-refractivity contribution < 1.29 is 13.9 Å². The molecule has 4 aromatic rings. The van der Waals surface area contributed by atoms with Crippen LogP contribution in [0, 0.1) is 0 Å². The van der Waals surface area contributed by atoms with Crippen molar-refractivity contribution in [1.29, 1.82) is 0 Å². The standard InChI is InChI=1S/C24H24N4O4/c1-26(14-17-6-8-18(9-7-17)27-10-12-31-13-11-27)21(29)15-28-16-25-22-19-4-2-3-5-20(19)32-23(22)24(28)30/h2-9,16H,10-15H2,1H3. The third-order valence-corrected chi connectivity index (χ3v) is 5.81. The zero-order chi connectivity index (χ0) is 22.1. The van der Waals surface area contributed by atoms with Gasteiger partial charge in [0.05, 0.1) is 19.5 Å². The van der Waals surface area contributed by atoms with Gasteiger partial charge in [0.15, 0.2) is 0 Å². The lowest BCUT2D eigenvalue weighted by molar-refractivity contribution is -0.131. The van der Waals surface area contributed by atoms with Gasteiger partial charge in [0.25, 0.3) is 5.56 Å². The van der Waals surface area contributed by atoms with Gasteiger partial charge < -0.3 is 19.0 Å². The van der Waals surface area contributed by atoms with Gasteiger partial charge in [-0.3, -0.25) is 14.2 Å². The van der Waals surface area contributed by atoms with Gasteiger partial charge >= 0.3 is 0 Å². The van der Waals surface area contributed by atoms with E-state index < -0.39 is 0 Å². The summed E-state index contributed by atoms with van der Waals surface area (Å²) in [6.45, 7) is 3.62. The van der Waals surface area contributed by atoms with E-state index in [0.717, 1.165) is 42.9 Å². The topological polar surface area (TPSA) is 80.8 Å². The molecule has 32 heavy (non-hydrogen) atoms. The van der Waals surface area contributed by atoms with Gasteiger partial charge in [0.1, 0.15) is 17.6 Å². The van der Waals surface area contributed by atoms with Crippen molar-refractivity contribution in [2.24, 2.45) is 0 Å². The second-order valence-corrected chi connectivity index (χ2v) is 7.97. The molecule has 1 fully saturated rings. The van der Waals surface area contributed by atoms with E-state index >= 15 is 0 Å². The average Bonchev–Trinajstić information content (AvgIpc) is 3.21. The minimum absolute atomic E-state index is 0.0961. The van der Waals surface area contributed by atoms with E-state index in [4.69, 9.17) is 9.15 Å². The fourth-order valence-corrected chi connectivity index (χ4v) is 3.99. The van der Waals surface area contributed by atoms with Gasteiger partial charge in [0, 0.05) is 37.8 Å². The number of amides is 1. The summed E-state index contributed by atoms with van der Waals surface area (Å²) in [5.41, 5.74) is 3.11. The second-order valence-electron chi connectivity index (χ2n) is 7.97. The number of rotatable bonds is 5. The van der Waals surface area contributed by atoms with Gasteiger partial charge in [-0.1, -0.05) is 24.3 Å². The number of furan rings is 1. The Hall–Kier alpha value is -3.65. The summed E-state index contributed by atoms with van der Waals surface area (Å²) in [5, 5.41) is 0.788. The number of morpholine rings is 1. The fraction of sp³-hybridized carbons (Fsp3) is 0.292. The maximum absolute atomic E-state index is 12.8. The first-order valence-electron chi connectivity index (χ1n) is 10.6. The highest BCUT2D eigenvalue weighted by Gasteiger charge is 2.17. The Bertz CT molecular complexity index is 1320. The molecule has 2 aromatic carbocycles. The number of likely N-dealkylation sites (N-methyl/N-ethyl adjacent to an activating group) is 1. The number of hydrogen-bond donors (Lipinski definition) is 0. The molecule has 0 aliphatic carbocycles. The van der Waals surface area contributed by atoms with E-state index in [-0.39, 0.29) is 23.6 Å². The fourth-order valence-electron chi connectivity index (χ4n) is 3.99. The molecule has 8 nitrogen and oxygen atoms in total. The lowest BCUT2D eigenvalue weighted by Gasteiger charge is -2.29. The third-order valence-electron chi connectivity index (χ3n) is 5.81. The Balaban J connectivity index is 1.28. The molecule has 0 N–H and O–H groups in total. The summed E-state index contributed by atoms with van der Waals surface area (Å²) in [4.78, 5) is 33.9. The first-order chi connectivity index (χ1) is 15.6. The third kappa shape index (κ3) is 3.85. The molecule has 0 saturated carbocycles. The molecule has 0 spiro atoms. The van der Waals surface area contributed by atoms with Crippen LogP contribution in [0.2, 0.25) is 0 Å². The van der Waals surface area contributed by atoms with E-state index in [1.165, 1.54) is 10.9 Å². The first kappa shape index (κ1) is 20.3. The van der Waals surface area contributed by atoms with Crippen molar-refractivity contribution in [3.05, 3.63) is 70.8 Å². The number of aromatic nitrogens is 2. The van der Waals surface area contributed by atoms with Gasteiger partial charge in [0.2, 0.25) is 11.5 Å². The molecule has 1 aliphatic heterocycles. The van der Waals surface area contributed by atoms with E-state index in [1.807, 2.05) is 30.3 Å². The summed E-state index contributed by atoms with van der Waals surface area (Å²) in [5.74, 6) is -0.179. The normalized spacial score (nSPS) is 14.2. The smallest absolute Gasteiger partial charge is 0.297 e. The average molecular weight is 432 g/mol.